The first-order chi connectivity index (χ1) is 7.29. The molecular formula is C10H10N4O. The van der Waals surface area contributed by atoms with Crippen LogP contribution >= 0.6 is 0 Å². The Morgan fingerprint density at radius 3 is 3.20 bits per heavy atom. The Morgan fingerprint density at radius 2 is 2.47 bits per heavy atom. The molecule has 15 heavy (non-hydrogen) atoms. The number of nitrogens with zero attached hydrogens (tertiary/aromatic N) is 3. The van der Waals surface area contributed by atoms with Crippen LogP contribution in [-0.4, -0.2) is 30.5 Å². The van der Waals surface area contributed by atoms with Crippen molar-refractivity contribution in [1.82, 2.24) is 10.3 Å². The molecule has 5 heteroatoms. The molecule has 76 valence electrons. The molecular weight excluding hydrogens is 192 g/mol. The predicted molar refractivity (Wildman–Crippen MR) is 54.2 cm³/mol. The molecule has 1 amide bonds. The van der Waals surface area contributed by atoms with E-state index in [1.54, 1.807) is 18.3 Å². The van der Waals surface area contributed by atoms with Gasteiger partial charge in [0, 0.05) is 19.3 Å². The second-order valence-corrected chi connectivity index (χ2v) is 3.29. The van der Waals surface area contributed by atoms with Gasteiger partial charge < -0.3 is 10.2 Å². The summed E-state index contributed by atoms with van der Waals surface area (Å²) in [4.78, 5) is 17.2. The molecule has 0 aliphatic carbocycles. The van der Waals surface area contributed by atoms with Crippen LogP contribution < -0.4 is 10.2 Å². The molecule has 0 spiro atoms. The summed E-state index contributed by atoms with van der Waals surface area (Å²) in [7, 11) is 0. The summed E-state index contributed by atoms with van der Waals surface area (Å²) in [5, 5.41) is 11.5. The minimum atomic E-state index is -0.00888. The van der Waals surface area contributed by atoms with Gasteiger partial charge in [-0.1, -0.05) is 0 Å². The molecule has 1 aromatic rings. The number of hydrogen-bond donors (Lipinski definition) is 1. The lowest BCUT2D eigenvalue weighted by Crippen LogP contribution is -2.48. The SMILES string of the molecule is N#Cc1ccnc(N2CCNC(=O)C2)c1. The zero-order valence-electron chi connectivity index (χ0n) is 8.10. The Bertz CT molecular complexity index is 424. The van der Waals surface area contributed by atoms with Gasteiger partial charge in [0.05, 0.1) is 18.2 Å². The van der Waals surface area contributed by atoms with Gasteiger partial charge in [0.15, 0.2) is 0 Å². The summed E-state index contributed by atoms with van der Waals surface area (Å²) in [5.41, 5.74) is 0.561. The molecule has 2 heterocycles. The molecule has 0 atom stereocenters. The Labute approximate surface area is 87.3 Å². The van der Waals surface area contributed by atoms with E-state index >= 15 is 0 Å². The highest BCUT2D eigenvalue weighted by atomic mass is 16.2. The standard InChI is InChI=1S/C10H10N4O/c11-6-8-1-2-12-9(5-8)14-4-3-13-10(15)7-14/h1-2,5H,3-4,7H2,(H,13,15). The lowest BCUT2D eigenvalue weighted by molar-refractivity contribution is -0.120. The van der Waals surface area contributed by atoms with Crippen LogP contribution in [0.15, 0.2) is 18.3 Å². The molecule has 0 radical (unpaired) electrons. The number of rotatable bonds is 1. The van der Waals surface area contributed by atoms with E-state index in [1.807, 2.05) is 4.90 Å². The van der Waals surface area contributed by atoms with Gasteiger partial charge in [0.1, 0.15) is 5.82 Å². The van der Waals surface area contributed by atoms with Crippen LogP contribution in [0.1, 0.15) is 5.56 Å². The summed E-state index contributed by atoms with van der Waals surface area (Å²) in [5.74, 6) is 0.675. The third kappa shape index (κ3) is 2.05. The molecule has 1 aromatic heterocycles. The molecule has 0 unspecified atom stereocenters. The van der Waals surface area contributed by atoms with Gasteiger partial charge in [-0.05, 0) is 12.1 Å². The van der Waals surface area contributed by atoms with E-state index in [0.717, 1.165) is 6.54 Å². The van der Waals surface area contributed by atoms with Crippen molar-refractivity contribution in [2.24, 2.45) is 0 Å². The van der Waals surface area contributed by atoms with E-state index in [0.29, 0.717) is 24.5 Å². The van der Waals surface area contributed by atoms with Gasteiger partial charge in [0.2, 0.25) is 5.91 Å². The van der Waals surface area contributed by atoms with Crippen molar-refractivity contribution in [3.8, 4) is 6.07 Å². The third-order valence-corrected chi connectivity index (χ3v) is 2.24. The van der Waals surface area contributed by atoms with Crippen LogP contribution in [0.4, 0.5) is 5.82 Å². The summed E-state index contributed by atoms with van der Waals surface area (Å²) < 4.78 is 0. The molecule has 0 bridgehead atoms. The highest BCUT2D eigenvalue weighted by Gasteiger charge is 2.17. The zero-order valence-corrected chi connectivity index (χ0v) is 8.10. The lowest BCUT2D eigenvalue weighted by Gasteiger charge is -2.27. The molecule has 1 aliphatic rings. The molecule has 1 fully saturated rings. The highest BCUT2D eigenvalue weighted by molar-refractivity contribution is 5.82. The van der Waals surface area contributed by atoms with Gasteiger partial charge in [-0.3, -0.25) is 4.79 Å². The smallest absolute Gasteiger partial charge is 0.239 e. The van der Waals surface area contributed by atoms with Crippen molar-refractivity contribution in [1.29, 1.82) is 5.26 Å². The Balaban J connectivity index is 2.21. The maximum absolute atomic E-state index is 11.2. The third-order valence-electron chi connectivity index (χ3n) is 2.24. The normalized spacial score (nSPS) is 15.7. The Kier molecular flexibility index (Phi) is 2.50. The minimum Gasteiger partial charge on any atom is -0.353 e. The maximum Gasteiger partial charge on any atom is 0.239 e. The van der Waals surface area contributed by atoms with E-state index in [2.05, 4.69) is 16.4 Å². The second-order valence-electron chi connectivity index (χ2n) is 3.29. The monoisotopic (exact) mass is 202 g/mol. The first-order valence-corrected chi connectivity index (χ1v) is 4.67. The second kappa shape index (κ2) is 3.96. The number of nitrogens with one attached hydrogen (secondary N) is 1. The molecule has 0 aromatic carbocycles. The van der Waals surface area contributed by atoms with E-state index in [-0.39, 0.29) is 5.91 Å². The lowest BCUT2D eigenvalue weighted by atomic mass is 10.2. The summed E-state index contributed by atoms with van der Waals surface area (Å²) in [6.07, 6.45) is 1.58. The molecule has 1 aliphatic heterocycles. The van der Waals surface area contributed by atoms with Crippen molar-refractivity contribution in [3.63, 3.8) is 0 Å². The number of carbonyl (C=O) groups excluding carboxylic acids is 1. The summed E-state index contributed by atoms with van der Waals surface area (Å²) >= 11 is 0. The summed E-state index contributed by atoms with van der Waals surface area (Å²) in [6, 6.07) is 5.39. The number of carbonyl (C=O) groups is 1. The van der Waals surface area contributed by atoms with E-state index in [1.165, 1.54) is 0 Å². The van der Waals surface area contributed by atoms with Crippen molar-refractivity contribution >= 4 is 11.7 Å². The molecule has 2 rings (SSSR count). The fourth-order valence-corrected chi connectivity index (χ4v) is 1.50. The van der Waals surface area contributed by atoms with Crippen LogP contribution in [0.25, 0.3) is 0 Å². The number of anilines is 1. The predicted octanol–water partition coefficient (Wildman–Crippen LogP) is -0.111. The van der Waals surface area contributed by atoms with E-state index in [9.17, 15) is 4.79 Å². The van der Waals surface area contributed by atoms with Crippen LogP contribution in [0.3, 0.4) is 0 Å². The fourth-order valence-electron chi connectivity index (χ4n) is 1.50. The van der Waals surface area contributed by atoms with Crippen molar-refractivity contribution in [2.45, 2.75) is 0 Å². The molecule has 0 saturated carbocycles. The molecule has 1 saturated heterocycles. The first-order valence-electron chi connectivity index (χ1n) is 4.67. The number of nitriles is 1. The van der Waals surface area contributed by atoms with Gasteiger partial charge in [-0.25, -0.2) is 4.98 Å². The number of piperazine rings is 1. The van der Waals surface area contributed by atoms with Gasteiger partial charge in [-0.15, -0.1) is 0 Å². The first kappa shape index (κ1) is 9.46. The van der Waals surface area contributed by atoms with Crippen LogP contribution in [0.5, 0.6) is 0 Å². The topological polar surface area (TPSA) is 69.0 Å². The number of amides is 1. The van der Waals surface area contributed by atoms with Crippen molar-refractivity contribution < 1.29 is 4.79 Å². The van der Waals surface area contributed by atoms with Gasteiger partial charge in [0.25, 0.3) is 0 Å². The van der Waals surface area contributed by atoms with Crippen LogP contribution in [-0.2, 0) is 4.79 Å². The van der Waals surface area contributed by atoms with Crippen LogP contribution in [0, 0.1) is 11.3 Å². The van der Waals surface area contributed by atoms with E-state index < -0.39 is 0 Å². The minimum absolute atomic E-state index is 0.00888. The van der Waals surface area contributed by atoms with Crippen molar-refractivity contribution in [2.75, 3.05) is 24.5 Å². The number of pyridine rings is 1. The fraction of sp³-hybridized carbons (Fsp3) is 0.300. The van der Waals surface area contributed by atoms with E-state index in [4.69, 9.17) is 5.26 Å². The number of aromatic nitrogens is 1. The zero-order chi connectivity index (χ0) is 10.7. The number of hydrogen-bond acceptors (Lipinski definition) is 4. The Morgan fingerprint density at radius 1 is 1.60 bits per heavy atom. The van der Waals surface area contributed by atoms with Crippen molar-refractivity contribution in [3.05, 3.63) is 23.9 Å². The molecule has 1 N–H and O–H groups in total. The average Bonchev–Trinajstić information content (AvgIpc) is 2.29. The van der Waals surface area contributed by atoms with Gasteiger partial charge >= 0.3 is 0 Å². The quantitative estimate of drug-likeness (QED) is 0.689. The average molecular weight is 202 g/mol. The van der Waals surface area contributed by atoms with Gasteiger partial charge in [-0.2, -0.15) is 5.26 Å². The largest absolute Gasteiger partial charge is 0.353 e. The highest BCUT2D eigenvalue weighted by Crippen LogP contribution is 2.12. The maximum atomic E-state index is 11.2. The summed E-state index contributed by atoms with van der Waals surface area (Å²) in [6.45, 7) is 1.66. The Hall–Kier alpha value is -2.09. The van der Waals surface area contributed by atoms with Crippen LogP contribution in [0.2, 0.25) is 0 Å². The molecule has 5 nitrogen and oxygen atoms in total.